The largest absolute Gasteiger partial charge is 0.368 e. The molecular formula is C9H7BrINO2. The Hall–Kier alpha value is -0.430. The van der Waals surface area contributed by atoms with Gasteiger partial charge in [-0.1, -0.05) is 28.1 Å². The summed E-state index contributed by atoms with van der Waals surface area (Å²) in [4.78, 5) is 21.4. The Labute approximate surface area is 103 Å². The minimum Gasteiger partial charge on any atom is -0.368 e. The number of alkyl halides is 1. The van der Waals surface area contributed by atoms with Crippen LogP contribution in [0.4, 0.5) is 0 Å². The maximum absolute atomic E-state index is 11.6. The molecule has 0 aromatic heterocycles. The number of halogens is 2. The van der Waals surface area contributed by atoms with Gasteiger partial charge in [0.05, 0.1) is 0 Å². The molecule has 0 bridgehead atoms. The van der Waals surface area contributed by atoms with E-state index in [1.807, 2.05) is 6.07 Å². The second kappa shape index (κ2) is 4.88. The van der Waals surface area contributed by atoms with Crippen molar-refractivity contribution in [3.8, 4) is 0 Å². The van der Waals surface area contributed by atoms with E-state index in [2.05, 4.69) is 38.5 Å². The Kier molecular flexibility index (Phi) is 4.06. The van der Waals surface area contributed by atoms with E-state index >= 15 is 0 Å². The van der Waals surface area contributed by atoms with Crippen LogP contribution < -0.4 is 5.73 Å². The Morgan fingerprint density at radius 3 is 2.57 bits per heavy atom. The number of rotatable bonds is 3. The second-order valence-corrected chi connectivity index (χ2v) is 4.80. The van der Waals surface area contributed by atoms with E-state index in [0.29, 0.717) is 5.56 Å². The zero-order valence-electron chi connectivity index (χ0n) is 7.04. The van der Waals surface area contributed by atoms with Gasteiger partial charge in [-0.05, 0) is 34.7 Å². The number of amides is 1. The summed E-state index contributed by atoms with van der Waals surface area (Å²) in [5.41, 5.74) is 5.49. The topological polar surface area (TPSA) is 60.2 Å². The Morgan fingerprint density at radius 1 is 1.43 bits per heavy atom. The molecule has 0 radical (unpaired) electrons. The zero-order chi connectivity index (χ0) is 10.7. The maximum atomic E-state index is 11.6. The van der Waals surface area contributed by atoms with Gasteiger partial charge in [-0.15, -0.1) is 0 Å². The minimum absolute atomic E-state index is 0.309. The molecule has 0 aliphatic carbocycles. The molecule has 0 saturated carbocycles. The molecule has 0 heterocycles. The van der Waals surface area contributed by atoms with Crippen LogP contribution in [-0.4, -0.2) is 16.5 Å². The second-order valence-electron chi connectivity index (χ2n) is 2.64. The highest BCUT2D eigenvalue weighted by molar-refractivity contribution is 14.1. The molecule has 14 heavy (non-hydrogen) atoms. The van der Waals surface area contributed by atoms with E-state index in [-0.39, 0.29) is 5.78 Å². The van der Waals surface area contributed by atoms with E-state index in [1.165, 1.54) is 0 Å². The summed E-state index contributed by atoms with van der Waals surface area (Å²) in [6, 6.07) is 6.99. The smallest absolute Gasteiger partial charge is 0.239 e. The quantitative estimate of drug-likeness (QED) is 0.383. The summed E-state index contributed by atoms with van der Waals surface area (Å²) in [6.07, 6.45) is 0. The summed E-state index contributed by atoms with van der Waals surface area (Å²) < 4.78 is 0.942. The number of hydrogen-bond donors (Lipinski definition) is 1. The van der Waals surface area contributed by atoms with Crippen molar-refractivity contribution in [2.75, 3.05) is 0 Å². The SMILES string of the molecule is NC(=O)C(Br)C(=O)c1cccc(I)c1. The highest BCUT2D eigenvalue weighted by Crippen LogP contribution is 2.13. The highest BCUT2D eigenvalue weighted by atomic mass is 127. The van der Waals surface area contributed by atoms with Crippen molar-refractivity contribution in [1.82, 2.24) is 0 Å². The lowest BCUT2D eigenvalue weighted by Gasteiger charge is -2.04. The molecule has 5 heteroatoms. The molecule has 1 rings (SSSR count). The summed E-state index contributed by atoms with van der Waals surface area (Å²) in [7, 11) is 0. The van der Waals surface area contributed by atoms with Crippen LogP contribution in [0.1, 0.15) is 10.4 Å². The Balaban J connectivity index is 2.95. The number of carbonyl (C=O) groups is 2. The summed E-state index contributed by atoms with van der Waals surface area (Å²) >= 11 is 5.04. The van der Waals surface area contributed by atoms with Crippen molar-refractivity contribution >= 4 is 50.2 Å². The van der Waals surface area contributed by atoms with Crippen LogP contribution in [0.2, 0.25) is 0 Å². The molecule has 1 atom stereocenters. The van der Waals surface area contributed by atoms with Crippen molar-refractivity contribution in [3.05, 3.63) is 33.4 Å². The van der Waals surface area contributed by atoms with Crippen LogP contribution in [0.25, 0.3) is 0 Å². The van der Waals surface area contributed by atoms with Crippen LogP contribution in [0, 0.1) is 3.57 Å². The molecule has 3 nitrogen and oxygen atoms in total. The van der Waals surface area contributed by atoms with Gasteiger partial charge in [-0.2, -0.15) is 0 Å². The van der Waals surface area contributed by atoms with E-state index < -0.39 is 10.7 Å². The number of benzene rings is 1. The normalized spacial score (nSPS) is 12.1. The number of ketones is 1. The fourth-order valence-corrected chi connectivity index (χ4v) is 1.72. The number of Topliss-reactive ketones (excluding diaryl/α,β-unsaturated/α-hetero) is 1. The Morgan fingerprint density at radius 2 is 2.07 bits per heavy atom. The molecular weight excluding hydrogens is 361 g/mol. The van der Waals surface area contributed by atoms with Gasteiger partial charge in [-0.25, -0.2) is 0 Å². The van der Waals surface area contributed by atoms with Gasteiger partial charge in [0.25, 0.3) is 0 Å². The van der Waals surface area contributed by atoms with Gasteiger partial charge in [-0.3, -0.25) is 9.59 Å². The molecule has 2 N–H and O–H groups in total. The molecule has 1 amide bonds. The van der Waals surface area contributed by atoms with Gasteiger partial charge < -0.3 is 5.73 Å². The van der Waals surface area contributed by atoms with Crippen LogP contribution >= 0.6 is 38.5 Å². The van der Waals surface area contributed by atoms with Gasteiger partial charge in [0.2, 0.25) is 5.91 Å². The maximum Gasteiger partial charge on any atom is 0.239 e. The van der Waals surface area contributed by atoms with Gasteiger partial charge in [0, 0.05) is 9.13 Å². The fraction of sp³-hybridized carbons (Fsp3) is 0.111. The molecule has 0 saturated heterocycles. The molecule has 1 unspecified atom stereocenters. The lowest BCUT2D eigenvalue weighted by Crippen LogP contribution is -2.30. The average Bonchev–Trinajstić information content (AvgIpc) is 2.15. The number of primary amides is 1. The monoisotopic (exact) mass is 367 g/mol. The lowest BCUT2D eigenvalue weighted by atomic mass is 10.1. The van der Waals surface area contributed by atoms with Crippen molar-refractivity contribution in [2.24, 2.45) is 5.73 Å². The molecule has 0 aliphatic heterocycles. The first-order valence-electron chi connectivity index (χ1n) is 3.75. The molecule has 1 aromatic rings. The van der Waals surface area contributed by atoms with E-state index in [0.717, 1.165) is 3.57 Å². The van der Waals surface area contributed by atoms with E-state index in [4.69, 9.17) is 5.73 Å². The van der Waals surface area contributed by atoms with E-state index in [1.54, 1.807) is 18.2 Å². The van der Waals surface area contributed by atoms with Crippen molar-refractivity contribution < 1.29 is 9.59 Å². The first kappa shape index (κ1) is 11.6. The molecule has 0 spiro atoms. The first-order valence-corrected chi connectivity index (χ1v) is 5.75. The predicted octanol–water partition coefficient (Wildman–Crippen LogP) is 1.72. The lowest BCUT2D eigenvalue weighted by molar-refractivity contribution is -0.116. The van der Waals surface area contributed by atoms with Crippen molar-refractivity contribution in [2.45, 2.75) is 4.83 Å². The average molecular weight is 368 g/mol. The van der Waals surface area contributed by atoms with Gasteiger partial charge in [0.15, 0.2) is 10.6 Å². The van der Waals surface area contributed by atoms with Crippen LogP contribution in [-0.2, 0) is 4.79 Å². The standard InChI is InChI=1S/C9H7BrINO2/c10-7(9(12)14)8(13)5-2-1-3-6(11)4-5/h1-4,7H,(H2,12,14). The summed E-state index contributed by atoms with van der Waals surface area (Å²) in [6.45, 7) is 0. The third-order valence-electron chi connectivity index (χ3n) is 1.59. The van der Waals surface area contributed by atoms with Gasteiger partial charge in [0.1, 0.15) is 0 Å². The van der Waals surface area contributed by atoms with Crippen molar-refractivity contribution in [1.29, 1.82) is 0 Å². The number of hydrogen-bond acceptors (Lipinski definition) is 2. The number of carbonyl (C=O) groups excluding carboxylic acids is 2. The molecule has 0 aliphatic rings. The summed E-state index contributed by atoms with van der Waals surface area (Å²) in [5, 5.41) is 0. The predicted molar refractivity (Wildman–Crippen MR) is 65.4 cm³/mol. The van der Waals surface area contributed by atoms with Crippen LogP contribution in [0.5, 0.6) is 0 Å². The summed E-state index contributed by atoms with van der Waals surface area (Å²) in [5.74, 6) is -0.982. The minimum atomic E-state index is -0.944. The van der Waals surface area contributed by atoms with Crippen molar-refractivity contribution in [3.63, 3.8) is 0 Å². The van der Waals surface area contributed by atoms with Crippen LogP contribution in [0.15, 0.2) is 24.3 Å². The first-order chi connectivity index (χ1) is 6.52. The zero-order valence-corrected chi connectivity index (χ0v) is 10.8. The fourth-order valence-electron chi connectivity index (χ4n) is 0.917. The third kappa shape index (κ3) is 2.78. The number of nitrogens with two attached hydrogens (primary N) is 1. The molecule has 1 aromatic carbocycles. The molecule has 74 valence electrons. The molecule has 0 fully saturated rings. The van der Waals surface area contributed by atoms with E-state index in [9.17, 15) is 9.59 Å². The Bertz CT molecular complexity index is 381. The van der Waals surface area contributed by atoms with Crippen LogP contribution in [0.3, 0.4) is 0 Å². The highest BCUT2D eigenvalue weighted by Gasteiger charge is 2.21. The third-order valence-corrected chi connectivity index (χ3v) is 3.13. The van der Waals surface area contributed by atoms with Gasteiger partial charge >= 0.3 is 0 Å².